The molecule has 0 atom stereocenters. The number of aromatic nitrogens is 1. The van der Waals surface area contributed by atoms with E-state index in [9.17, 15) is 18.0 Å². The minimum atomic E-state index is -4.57. The van der Waals surface area contributed by atoms with Gasteiger partial charge >= 0.3 is 12.1 Å². The number of pyridine rings is 1. The molecule has 1 aromatic carbocycles. The van der Waals surface area contributed by atoms with Gasteiger partial charge in [-0.05, 0) is 23.8 Å². The Labute approximate surface area is 138 Å². The van der Waals surface area contributed by atoms with Crippen LogP contribution < -0.4 is 5.32 Å². The van der Waals surface area contributed by atoms with E-state index >= 15 is 0 Å². The zero-order chi connectivity index (χ0) is 17.2. The third-order valence-electron chi connectivity index (χ3n) is 2.88. The van der Waals surface area contributed by atoms with Crippen molar-refractivity contribution in [2.24, 2.45) is 0 Å². The third kappa shape index (κ3) is 4.27. The van der Waals surface area contributed by atoms with Crippen LogP contribution in [0.25, 0.3) is 0 Å². The van der Waals surface area contributed by atoms with Gasteiger partial charge in [-0.1, -0.05) is 29.3 Å². The predicted octanol–water partition coefficient (Wildman–Crippen LogP) is 4.72. The maximum absolute atomic E-state index is 12.8. The molecule has 0 amide bonds. The molecule has 0 spiro atoms. The fraction of sp³-hybridized carbons (Fsp3) is 0.143. The first-order valence-corrected chi connectivity index (χ1v) is 6.92. The number of carbonyl (C=O) groups is 1. The lowest BCUT2D eigenvalue weighted by Gasteiger charge is -2.13. The van der Waals surface area contributed by atoms with Gasteiger partial charge in [0, 0.05) is 12.7 Å². The second kappa shape index (κ2) is 6.64. The number of carboxylic acid groups (broad SMARTS) is 1. The van der Waals surface area contributed by atoms with E-state index in [1.165, 1.54) is 18.3 Å². The summed E-state index contributed by atoms with van der Waals surface area (Å²) in [6.45, 7) is -0.0530. The topological polar surface area (TPSA) is 62.2 Å². The fourth-order valence-electron chi connectivity index (χ4n) is 1.84. The highest BCUT2D eigenvalue weighted by Crippen LogP contribution is 2.35. The zero-order valence-electron chi connectivity index (χ0n) is 11.3. The Kier molecular flexibility index (Phi) is 5.01. The molecule has 0 bridgehead atoms. The minimum Gasteiger partial charge on any atom is -0.476 e. The summed E-state index contributed by atoms with van der Waals surface area (Å²) in [5.74, 6) is -1.28. The summed E-state index contributed by atoms with van der Waals surface area (Å²) in [6, 6.07) is 4.77. The van der Waals surface area contributed by atoms with Crippen molar-refractivity contribution >= 4 is 34.9 Å². The van der Waals surface area contributed by atoms with Crippen LogP contribution in [-0.2, 0) is 12.7 Å². The van der Waals surface area contributed by atoms with Crippen LogP contribution in [0.4, 0.5) is 18.9 Å². The molecule has 0 fully saturated rings. The molecule has 4 nitrogen and oxygen atoms in total. The first-order valence-electron chi connectivity index (χ1n) is 6.17. The first kappa shape index (κ1) is 17.4. The van der Waals surface area contributed by atoms with Crippen molar-refractivity contribution in [2.75, 3.05) is 5.32 Å². The number of nitrogens with zero attached hydrogens (tertiary/aromatic N) is 1. The maximum atomic E-state index is 12.8. The Bertz CT molecular complexity index is 751. The molecule has 0 unspecified atom stereocenters. The molecule has 9 heteroatoms. The second-order valence-electron chi connectivity index (χ2n) is 4.52. The minimum absolute atomic E-state index is 0.0530. The molecule has 122 valence electrons. The number of alkyl halides is 3. The van der Waals surface area contributed by atoms with E-state index in [2.05, 4.69) is 10.3 Å². The third-order valence-corrected chi connectivity index (χ3v) is 3.41. The van der Waals surface area contributed by atoms with E-state index in [0.717, 1.165) is 12.1 Å². The summed E-state index contributed by atoms with van der Waals surface area (Å²) in [5, 5.41) is 11.5. The van der Waals surface area contributed by atoms with Crippen LogP contribution in [0.3, 0.4) is 0 Å². The van der Waals surface area contributed by atoms with Crippen molar-refractivity contribution in [1.82, 2.24) is 4.98 Å². The summed E-state index contributed by atoms with van der Waals surface area (Å²) in [7, 11) is 0. The van der Waals surface area contributed by atoms with E-state index in [1.807, 2.05) is 0 Å². The average Bonchev–Trinajstić information content (AvgIpc) is 2.45. The van der Waals surface area contributed by atoms with E-state index in [4.69, 9.17) is 28.3 Å². The van der Waals surface area contributed by atoms with Crippen LogP contribution in [-0.4, -0.2) is 16.1 Å². The van der Waals surface area contributed by atoms with Gasteiger partial charge in [0.2, 0.25) is 0 Å². The molecule has 0 saturated heterocycles. The molecule has 0 aliphatic carbocycles. The Morgan fingerprint density at radius 3 is 2.57 bits per heavy atom. The number of hydrogen-bond donors (Lipinski definition) is 2. The molecule has 2 aromatic rings. The smallest absolute Gasteiger partial charge is 0.417 e. The number of nitrogens with one attached hydrogen (secondary N) is 1. The monoisotopic (exact) mass is 364 g/mol. The van der Waals surface area contributed by atoms with Crippen molar-refractivity contribution in [3.63, 3.8) is 0 Å². The Morgan fingerprint density at radius 2 is 1.96 bits per heavy atom. The molecule has 23 heavy (non-hydrogen) atoms. The predicted molar refractivity (Wildman–Crippen MR) is 80.0 cm³/mol. The van der Waals surface area contributed by atoms with Gasteiger partial charge in [-0.3, -0.25) is 0 Å². The highest BCUT2D eigenvalue weighted by Gasteiger charge is 2.33. The Hall–Kier alpha value is -1.99. The molecule has 0 aliphatic rings. The van der Waals surface area contributed by atoms with Crippen LogP contribution in [0.1, 0.15) is 21.6 Å². The molecule has 1 heterocycles. The standard InChI is InChI=1S/C14H9Cl2F3N2O2/c15-8-4-11(12(13(22)23)21-6-8)20-5-7-1-2-10(16)9(3-7)14(17,18)19/h1-4,6,20H,5H2,(H,22,23). The van der Waals surface area contributed by atoms with E-state index < -0.39 is 22.7 Å². The summed E-state index contributed by atoms with van der Waals surface area (Å²) < 4.78 is 38.4. The quantitative estimate of drug-likeness (QED) is 0.823. The first-order chi connectivity index (χ1) is 10.7. The van der Waals surface area contributed by atoms with E-state index in [0.29, 0.717) is 0 Å². The van der Waals surface area contributed by atoms with Crippen molar-refractivity contribution in [1.29, 1.82) is 0 Å². The number of hydrogen-bond acceptors (Lipinski definition) is 3. The maximum Gasteiger partial charge on any atom is 0.417 e. The number of rotatable bonds is 4. The highest BCUT2D eigenvalue weighted by molar-refractivity contribution is 6.31. The average molecular weight is 365 g/mol. The second-order valence-corrected chi connectivity index (χ2v) is 5.36. The number of benzene rings is 1. The van der Waals surface area contributed by atoms with E-state index in [-0.39, 0.29) is 28.5 Å². The van der Waals surface area contributed by atoms with Gasteiger partial charge in [-0.15, -0.1) is 0 Å². The lowest BCUT2D eigenvalue weighted by molar-refractivity contribution is -0.137. The number of carboxylic acids is 1. The fourth-order valence-corrected chi connectivity index (χ4v) is 2.22. The summed E-state index contributed by atoms with van der Waals surface area (Å²) in [4.78, 5) is 14.7. The normalized spacial score (nSPS) is 11.3. The van der Waals surface area contributed by atoms with Gasteiger partial charge in [0.05, 0.1) is 21.3 Å². The van der Waals surface area contributed by atoms with Crippen molar-refractivity contribution < 1.29 is 23.1 Å². The highest BCUT2D eigenvalue weighted by atomic mass is 35.5. The molecule has 0 radical (unpaired) electrons. The van der Waals surface area contributed by atoms with Crippen LogP contribution >= 0.6 is 23.2 Å². The molecular formula is C14H9Cl2F3N2O2. The molecule has 2 rings (SSSR count). The molecular weight excluding hydrogens is 356 g/mol. The Morgan fingerprint density at radius 1 is 1.26 bits per heavy atom. The van der Waals surface area contributed by atoms with Gasteiger partial charge < -0.3 is 10.4 Å². The molecule has 0 aliphatic heterocycles. The molecule has 2 N–H and O–H groups in total. The zero-order valence-corrected chi connectivity index (χ0v) is 12.8. The van der Waals surface area contributed by atoms with E-state index in [1.54, 1.807) is 0 Å². The molecule has 0 saturated carbocycles. The van der Waals surface area contributed by atoms with Gasteiger partial charge in [-0.2, -0.15) is 13.2 Å². The lowest BCUT2D eigenvalue weighted by atomic mass is 10.1. The van der Waals surface area contributed by atoms with Gasteiger partial charge in [-0.25, -0.2) is 9.78 Å². The van der Waals surface area contributed by atoms with Crippen LogP contribution in [0, 0.1) is 0 Å². The number of anilines is 1. The number of halogens is 5. The SMILES string of the molecule is O=C(O)c1ncc(Cl)cc1NCc1ccc(Cl)c(C(F)(F)F)c1. The van der Waals surface area contributed by atoms with Crippen LogP contribution in [0.15, 0.2) is 30.5 Å². The summed E-state index contributed by atoms with van der Waals surface area (Å²) in [5.41, 5.74) is -0.855. The Balaban J connectivity index is 2.25. The van der Waals surface area contributed by atoms with Crippen molar-refractivity contribution in [3.05, 3.63) is 57.3 Å². The number of aromatic carboxylic acids is 1. The van der Waals surface area contributed by atoms with Crippen LogP contribution in [0.2, 0.25) is 10.0 Å². The largest absolute Gasteiger partial charge is 0.476 e. The van der Waals surface area contributed by atoms with Gasteiger partial charge in [0.1, 0.15) is 0 Å². The van der Waals surface area contributed by atoms with Crippen molar-refractivity contribution in [2.45, 2.75) is 12.7 Å². The molecule has 1 aromatic heterocycles. The summed E-state index contributed by atoms with van der Waals surface area (Å²) >= 11 is 11.3. The van der Waals surface area contributed by atoms with Gasteiger partial charge in [0.15, 0.2) is 5.69 Å². The van der Waals surface area contributed by atoms with Crippen molar-refractivity contribution in [3.8, 4) is 0 Å². The van der Waals surface area contributed by atoms with Crippen LogP contribution in [0.5, 0.6) is 0 Å². The van der Waals surface area contributed by atoms with Gasteiger partial charge in [0.25, 0.3) is 0 Å². The summed E-state index contributed by atoms with van der Waals surface area (Å²) in [6.07, 6.45) is -3.41. The lowest BCUT2D eigenvalue weighted by Crippen LogP contribution is -2.10.